The van der Waals surface area contributed by atoms with E-state index < -0.39 is 17.4 Å². The molecule has 0 unspecified atom stereocenters. The summed E-state index contributed by atoms with van der Waals surface area (Å²) in [5.74, 6) is -0.779. The van der Waals surface area contributed by atoms with Gasteiger partial charge in [-0.3, -0.25) is 19.0 Å². The summed E-state index contributed by atoms with van der Waals surface area (Å²) in [6.07, 6.45) is 1.28. The highest BCUT2D eigenvalue weighted by molar-refractivity contribution is 7.20. The quantitative estimate of drug-likeness (QED) is 0.338. The average molecular weight is 521 g/mol. The number of carbonyl (C=O) groups excluding carboxylic acids is 3. The predicted octanol–water partition coefficient (Wildman–Crippen LogP) is 3.84. The first kappa shape index (κ1) is 25.6. The van der Waals surface area contributed by atoms with Gasteiger partial charge in [-0.1, -0.05) is 12.1 Å². The Hall–Kier alpha value is -4.51. The first-order valence-corrected chi connectivity index (χ1v) is 12.1. The zero-order valence-corrected chi connectivity index (χ0v) is 21.2. The average Bonchev–Trinajstić information content (AvgIpc) is 3.23. The lowest BCUT2D eigenvalue weighted by molar-refractivity contribution is -0.116. The number of amides is 2. The van der Waals surface area contributed by atoms with E-state index in [-0.39, 0.29) is 24.4 Å². The molecule has 2 amide bonds. The van der Waals surface area contributed by atoms with Gasteiger partial charge in [0, 0.05) is 5.69 Å². The van der Waals surface area contributed by atoms with E-state index in [1.807, 2.05) is 0 Å². The number of nitrogens with one attached hydrogen (secondary N) is 2. The van der Waals surface area contributed by atoms with Crippen LogP contribution in [0.4, 0.5) is 11.4 Å². The number of nitrogens with zero attached hydrogens (tertiary/aromatic N) is 2. The van der Waals surface area contributed by atoms with Crippen LogP contribution in [-0.4, -0.2) is 41.1 Å². The number of esters is 1. The minimum atomic E-state index is -0.451. The van der Waals surface area contributed by atoms with Crippen LogP contribution in [0.1, 0.15) is 32.5 Å². The molecule has 2 aromatic heterocycles. The monoisotopic (exact) mass is 520 g/mol. The Morgan fingerprint density at radius 2 is 1.78 bits per heavy atom. The fourth-order valence-electron chi connectivity index (χ4n) is 3.67. The molecule has 4 aromatic rings. The Morgan fingerprint density at radius 3 is 2.49 bits per heavy atom. The number of hydrogen-bond donors (Lipinski definition) is 2. The highest BCUT2D eigenvalue weighted by atomic mass is 32.1. The van der Waals surface area contributed by atoms with Gasteiger partial charge in [-0.15, -0.1) is 11.3 Å². The second-order valence-corrected chi connectivity index (χ2v) is 8.91. The van der Waals surface area contributed by atoms with Crippen molar-refractivity contribution in [3.8, 4) is 5.75 Å². The van der Waals surface area contributed by atoms with E-state index in [0.717, 1.165) is 11.3 Å². The van der Waals surface area contributed by atoms with Gasteiger partial charge in [0.15, 0.2) is 0 Å². The maximum absolute atomic E-state index is 13.2. The van der Waals surface area contributed by atoms with Crippen molar-refractivity contribution in [1.29, 1.82) is 0 Å². The van der Waals surface area contributed by atoms with Gasteiger partial charge in [0.2, 0.25) is 5.91 Å². The largest absolute Gasteiger partial charge is 0.495 e. The number of ether oxygens (including phenoxy) is 2. The smallest absolute Gasteiger partial charge is 0.338 e. The van der Waals surface area contributed by atoms with Gasteiger partial charge in [-0.2, -0.15) is 0 Å². The van der Waals surface area contributed by atoms with Gasteiger partial charge >= 0.3 is 5.97 Å². The van der Waals surface area contributed by atoms with Gasteiger partial charge in [-0.25, -0.2) is 9.78 Å². The summed E-state index contributed by atoms with van der Waals surface area (Å²) in [4.78, 5) is 55.5. The lowest BCUT2D eigenvalue weighted by Crippen LogP contribution is -2.28. The molecule has 0 aliphatic heterocycles. The fraction of sp³-hybridized carbons (Fsp3) is 0.192. The lowest BCUT2D eigenvalue weighted by atomic mass is 10.2. The lowest BCUT2D eigenvalue weighted by Gasteiger charge is -2.09. The molecule has 0 spiro atoms. The van der Waals surface area contributed by atoms with Crippen molar-refractivity contribution >= 4 is 50.7 Å². The minimum absolute atomic E-state index is 0.266. The summed E-state index contributed by atoms with van der Waals surface area (Å²) < 4.78 is 11.4. The van der Waals surface area contributed by atoms with E-state index in [0.29, 0.717) is 38.0 Å². The van der Waals surface area contributed by atoms with Crippen molar-refractivity contribution in [2.75, 3.05) is 24.4 Å². The van der Waals surface area contributed by atoms with E-state index in [4.69, 9.17) is 9.47 Å². The van der Waals surface area contributed by atoms with Gasteiger partial charge < -0.3 is 20.1 Å². The first-order valence-electron chi connectivity index (χ1n) is 11.3. The molecule has 0 aliphatic carbocycles. The minimum Gasteiger partial charge on any atom is -0.495 e. The van der Waals surface area contributed by atoms with Crippen molar-refractivity contribution < 1.29 is 23.9 Å². The number of thiophene rings is 1. The third-order valence-corrected chi connectivity index (χ3v) is 6.67. The van der Waals surface area contributed by atoms with Crippen molar-refractivity contribution in [1.82, 2.24) is 9.55 Å². The Balaban J connectivity index is 1.51. The van der Waals surface area contributed by atoms with Crippen molar-refractivity contribution in [2.45, 2.75) is 20.4 Å². The number of para-hydroxylation sites is 2. The Bertz CT molecular complexity index is 1540. The van der Waals surface area contributed by atoms with Crippen LogP contribution >= 0.6 is 11.3 Å². The van der Waals surface area contributed by atoms with Gasteiger partial charge in [0.05, 0.1) is 41.6 Å². The molecule has 190 valence electrons. The number of carbonyl (C=O) groups is 3. The fourth-order valence-corrected chi connectivity index (χ4v) is 4.71. The predicted molar refractivity (Wildman–Crippen MR) is 141 cm³/mol. The molecular weight excluding hydrogens is 496 g/mol. The van der Waals surface area contributed by atoms with Crippen LogP contribution in [-0.2, 0) is 16.1 Å². The third-order valence-electron chi connectivity index (χ3n) is 5.47. The number of aromatic nitrogens is 2. The van der Waals surface area contributed by atoms with Crippen molar-refractivity contribution in [3.05, 3.63) is 81.2 Å². The summed E-state index contributed by atoms with van der Waals surface area (Å²) in [6, 6.07) is 13.2. The standard InChI is InChI=1S/C26H24N4O6S/c1-4-36-26(34)16-9-11-17(12-10-16)28-20(31)13-30-14-27-24-21(25(30)33)15(2)22(37-24)23(32)29-18-7-5-6-8-19(18)35-3/h5-12,14H,4,13H2,1-3H3,(H,28,31)(H,29,32). The molecule has 0 bridgehead atoms. The highest BCUT2D eigenvalue weighted by Crippen LogP contribution is 2.29. The van der Waals surface area contributed by atoms with Crippen LogP contribution in [0, 0.1) is 6.92 Å². The topological polar surface area (TPSA) is 129 Å². The van der Waals surface area contributed by atoms with Crippen molar-refractivity contribution in [2.24, 2.45) is 0 Å². The SMILES string of the molecule is CCOC(=O)c1ccc(NC(=O)Cn2cnc3sc(C(=O)Nc4ccccc4OC)c(C)c3c2=O)cc1. The van der Waals surface area contributed by atoms with E-state index in [1.54, 1.807) is 62.4 Å². The third kappa shape index (κ3) is 5.51. The molecule has 0 saturated carbocycles. The van der Waals surface area contributed by atoms with Crippen LogP contribution in [0.5, 0.6) is 5.75 Å². The zero-order chi connectivity index (χ0) is 26.5. The molecule has 11 heteroatoms. The summed E-state index contributed by atoms with van der Waals surface area (Å²) >= 11 is 1.10. The summed E-state index contributed by atoms with van der Waals surface area (Å²) in [5, 5.41) is 5.78. The molecule has 0 saturated heterocycles. The molecule has 0 fully saturated rings. The molecule has 37 heavy (non-hydrogen) atoms. The number of methoxy groups -OCH3 is 1. The normalized spacial score (nSPS) is 10.7. The second kappa shape index (κ2) is 11.0. The van der Waals surface area contributed by atoms with Crippen LogP contribution in [0.25, 0.3) is 10.2 Å². The number of anilines is 2. The first-order chi connectivity index (χ1) is 17.8. The molecule has 0 aliphatic rings. The molecule has 0 radical (unpaired) electrons. The van der Waals surface area contributed by atoms with E-state index in [9.17, 15) is 19.2 Å². The molecule has 0 atom stereocenters. The Labute approximate surface area is 215 Å². The summed E-state index contributed by atoms with van der Waals surface area (Å²) in [5.41, 5.74) is 1.38. The van der Waals surface area contributed by atoms with Crippen LogP contribution in [0.3, 0.4) is 0 Å². The highest BCUT2D eigenvalue weighted by Gasteiger charge is 2.21. The van der Waals surface area contributed by atoms with E-state index in [2.05, 4.69) is 15.6 Å². The number of benzene rings is 2. The number of hydrogen-bond acceptors (Lipinski definition) is 8. The Morgan fingerprint density at radius 1 is 1.05 bits per heavy atom. The van der Waals surface area contributed by atoms with Crippen LogP contribution in [0.15, 0.2) is 59.7 Å². The molecule has 2 heterocycles. The maximum atomic E-state index is 13.2. The molecule has 2 aromatic carbocycles. The Kier molecular flexibility index (Phi) is 7.63. The van der Waals surface area contributed by atoms with Crippen molar-refractivity contribution in [3.63, 3.8) is 0 Å². The zero-order valence-electron chi connectivity index (χ0n) is 20.4. The van der Waals surface area contributed by atoms with E-state index >= 15 is 0 Å². The van der Waals surface area contributed by atoms with Gasteiger partial charge in [0.25, 0.3) is 11.5 Å². The second-order valence-electron chi connectivity index (χ2n) is 7.91. The number of fused-ring (bicyclic) bond motifs is 1. The summed E-state index contributed by atoms with van der Waals surface area (Å²) in [6.45, 7) is 3.38. The van der Waals surface area contributed by atoms with Gasteiger partial charge in [0.1, 0.15) is 17.1 Å². The van der Waals surface area contributed by atoms with Crippen LogP contribution < -0.4 is 20.9 Å². The van der Waals surface area contributed by atoms with Crippen LogP contribution in [0.2, 0.25) is 0 Å². The van der Waals surface area contributed by atoms with E-state index in [1.165, 1.54) is 18.0 Å². The molecule has 10 nitrogen and oxygen atoms in total. The summed E-state index contributed by atoms with van der Waals surface area (Å²) in [7, 11) is 1.51. The number of rotatable bonds is 8. The van der Waals surface area contributed by atoms with Gasteiger partial charge in [-0.05, 0) is 55.8 Å². The molecule has 2 N–H and O–H groups in total. The molecule has 4 rings (SSSR count). The molecular formula is C26H24N4O6S. The number of aryl methyl sites for hydroxylation is 1. The maximum Gasteiger partial charge on any atom is 0.338 e.